The summed E-state index contributed by atoms with van der Waals surface area (Å²) in [6, 6.07) is 32.0. The van der Waals surface area contributed by atoms with Gasteiger partial charge in [-0.05, 0) is 55.0 Å². The van der Waals surface area contributed by atoms with Crippen molar-refractivity contribution < 1.29 is 24.2 Å². The first-order valence-corrected chi connectivity index (χ1v) is 14.0. The van der Waals surface area contributed by atoms with Crippen LogP contribution in [0.15, 0.2) is 109 Å². The first-order valence-electron chi connectivity index (χ1n) is 13.7. The van der Waals surface area contributed by atoms with Gasteiger partial charge >= 0.3 is 0 Å². The van der Waals surface area contributed by atoms with E-state index in [1.54, 1.807) is 78.9 Å². The molecule has 1 aliphatic rings. The summed E-state index contributed by atoms with van der Waals surface area (Å²) in [6.07, 6.45) is -0.345. The van der Waals surface area contributed by atoms with E-state index in [0.717, 1.165) is 5.56 Å². The largest absolute Gasteiger partial charge is 0.489 e. The van der Waals surface area contributed by atoms with E-state index in [4.69, 9.17) is 16.3 Å². The van der Waals surface area contributed by atoms with Crippen molar-refractivity contribution >= 4 is 40.6 Å². The van der Waals surface area contributed by atoms with Crippen molar-refractivity contribution in [3.63, 3.8) is 0 Å². The van der Waals surface area contributed by atoms with Crippen LogP contribution in [0.1, 0.15) is 30.4 Å². The Bertz CT molecular complexity index is 1560. The molecule has 4 atom stereocenters. The molecule has 0 spiro atoms. The Morgan fingerprint density at radius 1 is 0.833 bits per heavy atom. The van der Waals surface area contributed by atoms with Crippen LogP contribution in [-0.2, 0) is 21.0 Å². The molecule has 42 heavy (non-hydrogen) atoms. The number of para-hydroxylation sites is 2. The fourth-order valence-electron chi connectivity index (χ4n) is 5.54. The molecular formula is C34H31ClN2O5. The van der Waals surface area contributed by atoms with Gasteiger partial charge in [-0.2, -0.15) is 0 Å². The summed E-state index contributed by atoms with van der Waals surface area (Å²) in [5.74, 6) is -4.21. The molecule has 0 aromatic heterocycles. The van der Waals surface area contributed by atoms with Crippen molar-refractivity contribution in [1.82, 2.24) is 0 Å². The Hall–Kier alpha value is -4.46. The maximum Gasteiger partial charge on any atom is 0.235 e. The number of hydrogen-bond donors (Lipinski definition) is 3. The quantitative estimate of drug-likeness (QED) is 0.213. The highest BCUT2D eigenvalue weighted by molar-refractivity contribution is 6.31. The number of amides is 2. The highest BCUT2D eigenvalue weighted by atomic mass is 35.5. The summed E-state index contributed by atoms with van der Waals surface area (Å²) in [6.45, 7) is 1.72. The fraction of sp³-hybridized carbons (Fsp3) is 0.206. The van der Waals surface area contributed by atoms with Gasteiger partial charge in [0.25, 0.3) is 0 Å². The number of Topliss-reactive ketones (excluding diaryl/α,β-unsaturated/α-hetero) is 1. The van der Waals surface area contributed by atoms with Gasteiger partial charge in [-0.15, -0.1) is 0 Å². The molecule has 214 valence electrons. The van der Waals surface area contributed by atoms with Gasteiger partial charge < -0.3 is 20.5 Å². The van der Waals surface area contributed by atoms with Gasteiger partial charge in [-0.25, -0.2) is 0 Å². The van der Waals surface area contributed by atoms with Gasteiger partial charge in [0.2, 0.25) is 11.8 Å². The Morgan fingerprint density at radius 2 is 1.38 bits per heavy atom. The van der Waals surface area contributed by atoms with E-state index >= 15 is 0 Å². The molecule has 0 heterocycles. The number of nitrogens with one attached hydrogen (secondary N) is 2. The van der Waals surface area contributed by atoms with Crippen molar-refractivity contribution in [3.8, 4) is 5.75 Å². The third kappa shape index (κ3) is 6.54. The molecule has 0 radical (unpaired) electrons. The van der Waals surface area contributed by atoms with Gasteiger partial charge in [-0.3, -0.25) is 14.4 Å². The van der Waals surface area contributed by atoms with E-state index < -0.39 is 41.0 Å². The predicted octanol–water partition coefficient (Wildman–Crippen LogP) is 6.24. The van der Waals surface area contributed by atoms with Crippen LogP contribution in [0.3, 0.4) is 0 Å². The average molecular weight is 583 g/mol. The second-order valence-corrected chi connectivity index (χ2v) is 11.0. The number of carbonyl (C=O) groups is 3. The van der Waals surface area contributed by atoms with Crippen LogP contribution in [0.5, 0.6) is 5.75 Å². The van der Waals surface area contributed by atoms with Crippen LogP contribution in [0, 0.1) is 11.8 Å². The van der Waals surface area contributed by atoms with Gasteiger partial charge in [0.05, 0.1) is 11.5 Å². The number of aliphatic hydroxyl groups is 1. The van der Waals surface area contributed by atoms with Gasteiger partial charge in [0, 0.05) is 34.3 Å². The van der Waals surface area contributed by atoms with Gasteiger partial charge in [-0.1, -0.05) is 78.3 Å². The minimum Gasteiger partial charge on any atom is -0.489 e. The minimum absolute atomic E-state index is 0.250. The number of ketones is 1. The zero-order valence-electron chi connectivity index (χ0n) is 23.0. The molecular weight excluding hydrogens is 552 g/mol. The van der Waals surface area contributed by atoms with Gasteiger partial charge in [0.15, 0.2) is 0 Å². The van der Waals surface area contributed by atoms with Crippen LogP contribution < -0.4 is 15.4 Å². The van der Waals surface area contributed by atoms with E-state index in [0.29, 0.717) is 27.7 Å². The Balaban J connectivity index is 1.49. The summed E-state index contributed by atoms with van der Waals surface area (Å²) < 4.78 is 5.92. The summed E-state index contributed by atoms with van der Waals surface area (Å²) in [5, 5.41) is 17.8. The van der Waals surface area contributed by atoms with Crippen molar-refractivity contribution in [3.05, 3.63) is 125 Å². The third-order valence-corrected chi connectivity index (χ3v) is 7.90. The Morgan fingerprint density at radius 3 is 1.98 bits per heavy atom. The monoisotopic (exact) mass is 582 g/mol. The lowest BCUT2D eigenvalue weighted by Crippen LogP contribution is -2.56. The Labute approximate surface area is 249 Å². The van der Waals surface area contributed by atoms with Crippen LogP contribution in [0.2, 0.25) is 5.02 Å². The van der Waals surface area contributed by atoms with E-state index in [1.807, 2.05) is 30.3 Å². The summed E-state index contributed by atoms with van der Waals surface area (Å²) in [7, 11) is 0. The van der Waals surface area contributed by atoms with Crippen LogP contribution in [0.25, 0.3) is 0 Å². The molecule has 3 N–H and O–H groups in total. The molecule has 0 saturated heterocycles. The number of anilines is 2. The van der Waals surface area contributed by atoms with Crippen LogP contribution in [-0.4, -0.2) is 28.3 Å². The number of ether oxygens (including phenoxy) is 1. The topological polar surface area (TPSA) is 105 Å². The maximum atomic E-state index is 13.8. The predicted molar refractivity (Wildman–Crippen MR) is 162 cm³/mol. The molecule has 5 rings (SSSR count). The van der Waals surface area contributed by atoms with Crippen molar-refractivity contribution in [2.75, 3.05) is 10.6 Å². The summed E-state index contributed by atoms with van der Waals surface area (Å²) >= 11 is 6.25. The fourth-order valence-corrected chi connectivity index (χ4v) is 5.73. The zero-order valence-corrected chi connectivity index (χ0v) is 23.8. The van der Waals surface area contributed by atoms with E-state index in [9.17, 15) is 19.5 Å². The molecule has 4 aromatic rings. The Kier molecular flexibility index (Phi) is 8.71. The highest BCUT2D eigenvalue weighted by Crippen LogP contribution is 2.47. The summed E-state index contributed by atoms with van der Waals surface area (Å²) in [5.41, 5.74) is 0.744. The standard InChI is InChI=1S/C34H31ClN2O5/c1-34(41)20-28(38)30(32(39)36-24-11-4-2-5-12-24)29(31(34)33(40)37-25-13-6-3-7-14-25)22-16-18-26(19-17-22)42-21-23-10-8-9-15-27(23)35/h2-19,29-31,41H,20-21H2,1H3,(H,36,39)(H,37,40). The molecule has 8 heteroatoms. The van der Waals surface area contributed by atoms with Crippen molar-refractivity contribution in [2.24, 2.45) is 11.8 Å². The first kappa shape index (κ1) is 29.0. The molecule has 0 bridgehead atoms. The lowest BCUT2D eigenvalue weighted by Gasteiger charge is -2.44. The SMILES string of the molecule is CC1(O)CC(=O)C(C(=O)Nc2ccccc2)C(c2ccc(OCc3ccccc3Cl)cc2)C1C(=O)Nc1ccccc1. The second kappa shape index (κ2) is 12.6. The number of benzene rings is 4. The summed E-state index contributed by atoms with van der Waals surface area (Å²) in [4.78, 5) is 41.0. The third-order valence-electron chi connectivity index (χ3n) is 7.53. The maximum absolute atomic E-state index is 13.8. The van der Waals surface area contributed by atoms with Gasteiger partial charge in [0.1, 0.15) is 24.1 Å². The smallest absolute Gasteiger partial charge is 0.235 e. The number of carbonyl (C=O) groups excluding carboxylic acids is 3. The van der Waals surface area contributed by atoms with E-state index in [1.165, 1.54) is 6.92 Å². The normalized spacial score (nSPS) is 21.8. The van der Waals surface area contributed by atoms with E-state index in [-0.39, 0.29) is 13.0 Å². The number of halogens is 1. The minimum atomic E-state index is -1.70. The van der Waals surface area contributed by atoms with Crippen molar-refractivity contribution in [1.29, 1.82) is 0 Å². The molecule has 1 aliphatic carbocycles. The lowest BCUT2D eigenvalue weighted by molar-refractivity contribution is -0.150. The second-order valence-electron chi connectivity index (χ2n) is 10.6. The number of rotatable bonds is 8. The molecule has 2 amide bonds. The lowest BCUT2D eigenvalue weighted by atomic mass is 9.61. The molecule has 0 aliphatic heterocycles. The van der Waals surface area contributed by atoms with Crippen LogP contribution in [0.4, 0.5) is 11.4 Å². The van der Waals surface area contributed by atoms with Crippen molar-refractivity contribution in [2.45, 2.75) is 31.5 Å². The molecule has 7 nitrogen and oxygen atoms in total. The number of hydrogen-bond acceptors (Lipinski definition) is 5. The molecule has 4 aromatic carbocycles. The highest BCUT2D eigenvalue weighted by Gasteiger charge is 2.55. The molecule has 1 saturated carbocycles. The molecule has 4 unspecified atom stereocenters. The van der Waals surface area contributed by atoms with Crippen LogP contribution >= 0.6 is 11.6 Å². The molecule has 1 fully saturated rings. The van der Waals surface area contributed by atoms with E-state index in [2.05, 4.69) is 10.6 Å². The first-order chi connectivity index (χ1) is 20.2. The zero-order chi connectivity index (χ0) is 29.7. The average Bonchev–Trinajstić information content (AvgIpc) is 2.97.